The van der Waals surface area contributed by atoms with Crippen molar-refractivity contribution in [3.63, 3.8) is 0 Å². The van der Waals surface area contributed by atoms with Crippen molar-refractivity contribution in [2.75, 3.05) is 13.2 Å². The first kappa shape index (κ1) is 11.0. The second-order valence-electron chi connectivity index (χ2n) is 5.39. The summed E-state index contributed by atoms with van der Waals surface area (Å²) in [6, 6.07) is 0. The summed E-state index contributed by atoms with van der Waals surface area (Å²) in [4.78, 5) is 0. The second-order valence-corrected chi connectivity index (χ2v) is 5.39. The van der Waals surface area contributed by atoms with E-state index in [1.54, 1.807) is 0 Å². The summed E-state index contributed by atoms with van der Waals surface area (Å²) in [7, 11) is 0. The normalized spacial score (nSPS) is 45.0. The van der Waals surface area contributed by atoms with Crippen LogP contribution in [0.5, 0.6) is 0 Å². The van der Waals surface area contributed by atoms with E-state index in [0.717, 1.165) is 38.9 Å². The zero-order valence-corrected chi connectivity index (χ0v) is 10.0. The topological polar surface area (TPSA) is 27.7 Å². The molecule has 3 nitrogen and oxygen atoms in total. The van der Waals surface area contributed by atoms with Crippen LogP contribution in [0.4, 0.5) is 0 Å². The van der Waals surface area contributed by atoms with Crippen LogP contribution in [0.3, 0.4) is 0 Å². The van der Waals surface area contributed by atoms with Gasteiger partial charge in [-0.25, -0.2) is 0 Å². The molecule has 3 heterocycles. The molecule has 0 unspecified atom stereocenters. The molecular weight excluding hydrogens is 204 g/mol. The lowest BCUT2D eigenvalue weighted by molar-refractivity contribution is -0.396. The standard InChI is InChI=1S/C13H22O3/c1-3-10-14-12(6-1)8-5-9-13(16-12)7-2-4-11-15-13/h1-11H2/t12-,13-/m0/s1. The molecule has 3 rings (SSSR count). The number of hydrogen-bond donors (Lipinski definition) is 0. The predicted molar refractivity (Wildman–Crippen MR) is 60.0 cm³/mol. The Bertz CT molecular complexity index is 205. The van der Waals surface area contributed by atoms with E-state index in [4.69, 9.17) is 14.2 Å². The van der Waals surface area contributed by atoms with Crippen LogP contribution >= 0.6 is 0 Å². The van der Waals surface area contributed by atoms with Gasteiger partial charge in [0.05, 0.1) is 13.2 Å². The molecule has 3 fully saturated rings. The van der Waals surface area contributed by atoms with E-state index in [2.05, 4.69) is 0 Å². The minimum absolute atomic E-state index is 0.298. The Hall–Kier alpha value is -0.120. The van der Waals surface area contributed by atoms with Gasteiger partial charge in [0.1, 0.15) is 0 Å². The molecule has 0 aromatic carbocycles. The molecule has 0 N–H and O–H groups in total. The minimum atomic E-state index is -0.298. The summed E-state index contributed by atoms with van der Waals surface area (Å²) in [5.41, 5.74) is 0. The Balaban J connectivity index is 1.72. The SMILES string of the molecule is C1CC[C@]2(CCC[C@]3(CCCCO3)O2)OC1. The van der Waals surface area contributed by atoms with E-state index >= 15 is 0 Å². The monoisotopic (exact) mass is 226 g/mol. The molecule has 0 amide bonds. The van der Waals surface area contributed by atoms with E-state index in [-0.39, 0.29) is 11.6 Å². The molecule has 2 spiro atoms. The highest BCUT2D eigenvalue weighted by molar-refractivity contribution is 4.86. The van der Waals surface area contributed by atoms with E-state index in [1.165, 1.54) is 32.1 Å². The van der Waals surface area contributed by atoms with Gasteiger partial charge in [-0.15, -0.1) is 0 Å². The van der Waals surface area contributed by atoms with E-state index in [0.29, 0.717) is 0 Å². The third-order valence-electron chi connectivity index (χ3n) is 4.12. The van der Waals surface area contributed by atoms with Gasteiger partial charge in [-0.1, -0.05) is 0 Å². The fraction of sp³-hybridized carbons (Fsp3) is 1.00. The fourth-order valence-electron chi connectivity index (χ4n) is 3.28. The first-order chi connectivity index (χ1) is 7.83. The molecule has 16 heavy (non-hydrogen) atoms. The van der Waals surface area contributed by atoms with Crippen LogP contribution in [-0.2, 0) is 14.2 Å². The predicted octanol–water partition coefficient (Wildman–Crippen LogP) is 2.98. The van der Waals surface area contributed by atoms with Crippen LogP contribution in [0.25, 0.3) is 0 Å². The van der Waals surface area contributed by atoms with Crippen LogP contribution in [0.2, 0.25) is 0 Å². The molecule has 92 valence electrons. The van der Waals surface area contributed by atoms with Crippen LogP contribution in [0.15, 0.2) is 0 Å². The summed E-state index contributed by atoms with van der Waals surface area (Å²) < 4.78 is 18.2. The Morgan fingerprint density at radius 3 is 1.50 bits per heavy atom. The van der Waals surface area contributed by atoms with Crippen LogP contribution < -0.4 is 0 Å². The second kappa shape index (κ2) is 4.28. The molecule has 2 atom stereocenters. The lowest BCUT2D eigenvalue weighted by Gasteiger charge is -2.50. The van der Waals surface area contributed by atoms with Gasteiger partial charge in [0.25, 0.3) is 0 Å². The van der Waals surface area contributed by atoms with Gasteiger partial charge in [0.2, 0.25) is 0 Å². The first-order valence-corrected chi connectivity index (χ1v) is 6.81. The molecule has 0 radical (unpaired) electrons. The molecule has 3 aliphatic rings. The highest BCUT2D eigenvalue weighted by atomic mass is 16.8. The molecule has 3 heteroatoms. The van der Waals surface area contributed by atoms with Gasteiger partial charge in [0, 0.05) is 25.7 Å². The van der Waals surface area contributed by atoms with Crippen molar-refractivity contribution in [2.24, 2.45) is 0 Å². The third-order valence-corrected chi connectivity index (χ3v) is 4.12. The van der Waals surface area contributed by atoms with Gasteiger partial charge in [0.15, 0.2) is 11.6 Å². The molecular formula is C13H22O3. The van der Waals surface area contributed by atoms with Gasteiger partial charge in [-0.3, -0.25) is 0 Å². The molecule has 0 aromatic rings. The van der Waals surface area contributed by atoms with Crippen LogP contribution in [0, 0.1) is 0 Å². The van der Waals surface area contributed by atoms with Crippen LogP contribution in [0.1, 0.15) is 57.8 Å². The largest absolute Gasteiger partial charge is 0.350 e. The quantitative estimate of drug-likeness (QED) is 0.635. The van der Waals surface area contributed by atoms with Gasteiger partial charge in [-0.2, -0.15) is 0 Å². The Morgan fingerprint density at radius 2 is 1.06 bits per heavy atom. The number of hydrogen-bond acceptors (Lipinski definition) is 3. The van der Waals surface area contributed by atoms with Crippen molar-refractivity contribution < 1.29 is 14.2 Å². The fourth-order valence-corrected chi connectivity index (χ4v) is 3.28. The van der Waals surface area contributed by atoms with Crippen molar-refractivity contribution in [1.82, 2.24) is 0 Å². The molecule has 3 saturated heterocycles. The maximum Gasteiger partial charge on any atom is 0.171 e. The van der Waals surface area contributed by atoms with E-state index in [9.17, 15) is 0 Å². The van der Waals surface area contributed by atoms with Gasteiger partial charge < -0.3 is 14.2 Å². The average molecular weight is 226 g/mol. The molecule has 0 aromatic heterocycles. The summed E-state index contributed by atoms with van der Waals surface area (Å²) in [6.45, 7) is 1.71. The van der Waals surface area contributed by atoms with Crippen molar-refractivity contribution >= 4 is 0 Å². The molecule has 3 aliphatic heterocycles. The maximum absolute atomic E-state index is 6.30. The molecule has 0 saturated carbocycles. The number of rotatable bonds is 0. The highest BCUT2D eigenvalue weighted by Gasteiger charge is 2.48. The smallest absolute Gasteiger partial charge is 0.171 e. The van der Waals surface area contributed by atoms with Crippen LogP contribution in [-0.4, -0.2) is 24.8 Å². The minimum Gasteiger partial charge on any atom is -0.350 e. The zero-order valence-electron chi connectivity index (χ0n) is 10.0. The lowest BCUT2D eigenvalue weighted by atomic mass is 9.90. The first-order valence-electron chi connectivity index (χ1n) is 6.81. The van der Waals surface area contributed by atoms with Crippen molar-refractivity contribution in [2.45, 2.75) is 69.4 Å². The molecule has 0 aliphatic carbocycles. The summed E-state index contributed by atoms with van der Waals surface area (Å²) in [6.07, 6.45) is 10.2. The summed E-state index contributed by atoms with van der Waals surface area (Å²) in [5, 5.41) is 0. The van der Waals surface area contributed by atoms with E-state index in [1.807, 2.05) is 0 Å². The highest BCUT2D eigenvalue weighted by Crippen LogP contribution is 2.45. The van der Waals surface area contributed by atoms with Crippen molar-refractivity contribution in [1.29, 1.82) is 0 Å². The Kier molecular flexibility index (Phi) is 2.94. The van der Waals surface area contributed by atoms with Gasteiger partial charge >= 0.3 is 0 Å². The lowest BCUT2D eigenvalue weighted by Crippen LogP contribution is -2.53. The molecule has 0 bridgehead atoms. The number of ether oxygens (including phenoxy) is 3. The summed E-state index contributed by atoms with van der Waals surface area (Å²) >= 11 is 0. The Morgan fingerprint density at radius 1 is 0.562 bits per heavy atom. The van der Waals surface area contributed by atoms with Crippen molar-refractivity contribution in [3.05, 3.63) is 0 Å². The Labute approximate surface area is 97.4 Å². The summed E-state index contributed by atoms with van der Waals surface area (Å²) in [5.74, 6) is -0.596. The van der Waals surface area contributed by atoms with Gasteiger partial charge in [-0.05, 0) is 32.1 Å². The van der Waals surface area contributed by atoms with E-state index < -0.39 is 0 Å². The zero-order chi connectivity index (χ0) is 10.9. The third kappa shape index (κ3) is 2.01. The maximum atomic E-state index is 6.30. The average Bonchev–Trinajstić information content (AvgIpc) is 2.31. The van der Waals surface area contributed by atoms with Crippen molar-refractivity contribution in [3.8, 4) is 0 Å².